The third-order valence-electron chi connectivity index (χ3n) is 4.13. The first-order valence-corrected chi connectivity index (χ1v) is 7.93. The van der Waals surface area contributed by atoms with Gasteiger partial charge in [-0.3, -0.25) is 9.59 Å². The van der Waals surface area contributed by atoms with E-state index in [0.717, 1.165) is 0 Å². The molecule has 0 unspecified atom stereocenters. The molecule has 132 valence electrons. The predicted octanol–water partition coefficient (Wildman–Crippen LogP) is 2.28. The molecule has 7 nitrogen and oxygen atoms in total. The largest absolute Gasteiger partial charge is 0.497 e. The lowest BCUT2D eigenvalue weighted by Crippen LogP contribution is -2.27. The number of anilines is 1. The number of amides is 2. The molecule has 1 atom stereocenters. The Balaban J connectivity index is 1.65. The zero-order valence-corrected chi connectivity index (χ0v) is 14.2. The Morgan fingerprint density at radius 2 is 2.00 bits per heavy atom. The van der Waals surface area contributed by atoms with Crippen molar-refractivity contribution in [2.75, 3.05) is 26.1 Å². The van der Waals surface area contributed by atoms with Crippen molar-refractivity contribution in [1.29, 1.82) is 0 Å². The van der Waals surface area contributed by atoms with Gasteiger partial charge in [0.25, 0.3) is 0 Å². The van der Waals surface area contributed by atoms with E-state index in [4.69, 9.17) is 13.9 Å². The highest BCUT2D eigenvalue weighted by molar-refractivity contribution is 5.97. The molecule has 1 aromatic heterocycles. The van der Waals surface area contributed by atoms with Gasteiger partial charge >= 0.3 is 0 Å². The van der Waals surface area contributed by atoms with Crippen LogP contribution < -0.4 is 14.8 Å². The number of likely N-dealkylation sites (tertiary alicyclic amines) is 1. The number of rotatable bonds is 6. The van der Waals surface area contributed by atoms with Gasteiger partial charge in [-0.15, -0.1) is 0 Å². The monoisotopic (exact) mass is 344 g/mol. The maximum Gasteiger partial charge on any atom is 0.229 e. The highest BCUT2D eigenvalue weighted by Gasteiger charge is 2.34. The first kappa shape index (κ1) is 16.9. The highest BCUT2D eigenvalue weighted by Crippen LogP contribution is 2.27. The molecule has 1 fully saturated rings. The second-order valence-corrected chi connectivity index (χ2v) is 5.85. The number of carbonyl (C=O) groups is 2. The summed E-state index contributed by atoms with van der Waals surface area (Å²) in [6.45, 7) is 0.745. The van der Waals surface area contributed by atoms with Crippen LogP contribution in [0, 0.1) is 5.92 Å². The Morgan fingerprint density at radius 3 is 2.60 bits per heavy atom. The highest BCUT2D eigenvalue weighted by atomic mass is 16.5. The number of hydrogen-bond acceptors (Lipinski definition) is 5. The molecule has 0 spiro atoms. The van der Waals surface area contributed by atoms with Gasteiger partial charge in [0, 0.05) is 36.9 Å². The van der Waals surface area contributed by atoms with Gasteiger partial charge in [-0.1, -0.05) is 0 Å². The number of ether oxygens (including phenoxy) is 2. The van der Waals surface area contributed by atoms with Crippen LogP contribution in [0.4, 0.5) is 5.69 Å². The average Bonchev–Trinajstić information content (AvgIpc) is 3.25. The van der Waals surface area contributed by atoms with Gasteiger partial charge in [-0.2, -0.15) is 0 Å². The zero-order valence-electron chi connectivity index (χ0n) is 14.2. The summed E-state index contributed by atoms with van der Waals surface area (Å²) in [7, 11) is 3.09. The maximum absolute atomic E-state index is 12.5. The van der Waals surface area contributed by atoms with E-state index >= 15 is 0 Å². The quantitative estimate of drug-likeness (QED) is 0.869. The summed E-state index contributed by atoms with van der Waals surface area (Å²) in [5.74, 6) is 1.20. The minimum Gasteiger partial charge on any atom is -0.497 e. The number of methoxy groups -OCH3 is 2. The van der Waals surface area contributed by atoms with E-state index in [1.165, 1.54) is 0 Å². The first-order chi connectivity index (χ1) is 12.1. The Kier molecular flexibility index (Phi) is 4.92. The molecule has 1 aromatic carbocycles. The van der Waals surface area contributed by atoms with Crippen molar-refractivity contribution in [2.45, 2.75) is 13.0 Å². The smallest absolute Gasteiger partial charge is 0.229 e. The lowest BCUT2D eigenvalue weighted by molar-refractivity contribution is -0.128. The van der Waals surface area contributed by atoms with Crippen molar-refractivity contribution in [3.05, 3.63) is 42.4 Å². The number of hydrogen-bond donors (Lipinski definition) is 1. The number of furan rings is 1. The summed E-state index contributed by atoms with van der Waals surface area (Å²) in [6.07, 6.45) is 1.75. The van der Waals surface area contributed by atoms with Crippen molar-refractivity contribution in [3.63, 3.8) is 0 Å². The summed E-state index contributed by atoms with van der Waals surface area (Å²) >= 11 is 0. The maximum atomic E-state index is 12.5. The summed E-state index contributed by atoms with van der Waals surface area (Å²) < 4.78 is 15.7. The molecule has 0 bridgehead atoms. The number of benzene rings is 1. The summed E-state index contributed by atoms with van der Waals surface area (Å²) in [5, 5.41) is 2.83. The number of nitrogens with zero attached hydrogens (tertiary/aromatic N) is 1. The first-order valence-electron chi connectivity index (χ1n) is 7.93. The third-order valence-corrected chi connectivity index (χ3v) is 4.13. The minimum atomic E-state index is -0.403. The molecule has 1 saturated heterocycles. The van der Waals surface area contributed by atoms with E-state index in [1.54, 1.807) is 49.6 Å². The van der Waals surface area contributed by atoms with Crippen molar-refractivity contribution >= 4 is 17.5 Å². The normalized spacial score (nSPS) is 16.8. The molecular weight excluding hydrogens is 324 g/mol. The Hall–Kier alpha value is -2.96. The van der Waals surface area contributed by atoms with E-state index in [-0.39, 0.29) is 18.2 Å². The lowest BCUT2D eigenvalue weighted by atomic mass is 10.1. The second kappa shape index (κ2) is 7.29. The van der Waals surface area contributed by atoms with Crippen molar-refractivity contribution in [1.82, 2.24) is 4.90 Å². The Morgan fingerprint density at radius 1 is 1.28 bits per heavy atom. The molecule has 25 heavy (non-hydrogen) atoms. The third kappa shape index (κ3) is 3.93. The van der Waals surface area contributed by atoms with Crippen LogP contribution in [-0.4, -0.2) is 37.5 Å². The molecule has 1 aliphatic rings. The number of nitrogens with one attached hydrogen (secondary N) is 1. The van der Waals surface area contributed by atoms with Crippen LogP contribution in [0.25, 0.3) is 0 Å². The summed E-state index contributed by atoms with van der Waals surface area (Å²) in [6, 6.07) is 8.72. The van der Waals surface area contributed by atoms with E-state index in [2.05, 4.69) is 5.32 Å². The number of carbonyl (C=O) groups excluding carboxylic acids is 2. The Bertz CT molecular complexity index is 735. The van der Waals surface area contributed by atoms with Crippen LogP contribution in [0.1, 0.15) is 12.2 Å². The summed E-state index contributed by atoms with van der Waals surface area (Å²) in [4.78, 5) is 26.3. The van der Waals surface area contributed by atoms with Gasteiger partial charge in [0.05, 0.1) is 32.9 Å². The van der Waals surface area contributed by atoms with Crippen LogP contribution in [0.3, 0.4) is 0 Å². The van der Waals surface area contributed by atoms with Crippen molar-refractivity contribution in [3.8, 4) is 11.5 Å². The standard InChI is InChI=1S/C18H20N2O5/c1-23-15-7-13(8-16(9-15)24-2)19-18(22)12-6-17(21)20(10-12)11-14-4-3-5-25-14/h3-5,7-9,12H,6,10-11H2,1-2H3,(H,19,22)/t12-/m1/s1. The molecule has 7 heteroatoms. The van der Waals surface area contributed by atoms with Crippen LogP contribution in [0.15, 0.2) is 41.0 Å². The predicted molar refractivity (Wildman–Crippen MR) is 90.4 cm³/mol. The van der Waals surface area contributed by atoms with Gasteiger partial charge in [-0.05, 0) is 12.1 Å². The van der Waals surface area contributed by atoms with Crippen molar-refractivity contribution < 1.29 is 23.5 Å². The van der Waals surface area contributed by atoms with Crippen LogP contribution in [0.2, 0.25) is 0 Å². The van der Waals surface area contributed by atoms with Gasteiger partial charge in [0.1, 0.15) is 17.3 Å². The molecule has 1 aliphatic heterocycles. The molecule has 0 radical (unpaired) electrons. The van der Waals surface area contributed by atoms with E-state index in [1.807, 2.05) is 6.07 Å². The fourth-order valence-corrected chi connectivity index (χ4v) is 2.82. The van der Waals surface area contributed by atoms with E-state index < -0.39 is 5.92 Å². The molecule has 0 saturated carbocycles. The van der Waals surface area contributed by atoms with Crippen LogP contribution >= 0.6 is 0 Å². The van der Waals surface area contributed by atoms with Gasteiger partial charge in [-0.25, -0.2) is 0 Å². The van der Waals surface area contributed by atoms with E-state index in [9.17, 15) is 9.59 Å². The Labute approximate surface area is 145 Å². The van der Waals surface area contributed by atoms with Crippen LogP contribution in [0.5, 0.6) is 11.5 Å². The molecule has 1 N–H and O–H groups in total. The molecule has 2 heterocycles. The van der Waals surface area contributed by atoms with Crippen molar-refractivity contribution in [2.24, 2.45) is 5.92 Å². The zero-order chi connectivity index (χ0) is 17.8. The second-order valence-electron chi connectivity index (χ2n) is 5.85. The molecule has 0 aliphatic carbocycles. The van der Waals surface area contributed by atoms with Gasteiger partial charge in [0.15, 0.2) is 0 Å². The SMILES string of the molecule is COc1cc(NC(=O)[C@@H]2CC(=O)N(Cc3ccco3)C2)cc(OC)c1. The molecular formula is C18H20N2O5. The lowest BCUT2D eigenvalue weighted by Gasteiger charge is -2.15. The fraction of sp³-hybridized carbons (Fsp3) is 0.333. The molecule has 2 aromatic rings. The van der Waals surface area contributed by atoms with Crippen LogP contribution in [-0.2, 0) is 16.1 Å². The molecule has 3 rings (SSSR count). The topological polar surface area (TPSA) is 81.0 Å². The minimum absolute atomic E-state index is 0.0558. The average molecular weight is 344 g/mol. The van der Waals surface area contributed by atoms with E-state index in [0.29, 0.717) is 36.0 Å². The molecule has 2 amide bonds. The van der Waals surface area contributed by atoms with Gasteiger partial charge < -0.3 is 24.1 Å². The fourth-order valence-electron chi connectivity index (χ4n) is 2.82. The van der Waals surface area contributed by atoms with Gasteiger partial charge in [0.2, 0.25) is 11.8 Å². The summed E-state index contributed by atoms with van der Waals surface area (Å²) in [5.41, 5.74) is 0.568.